The molecule has 1 aliphatic carbocycles. The van der Waals surface area contributed by atoms with E-state index in [0.29, 0.717) is 0 Å². The lowest BCUT2D eigenvalue weighted by Gasteiger charge is -2.31. The third-order valence-electron chi connectivity index (χ3n) is 4.22. The standard InChI is InChI=1S/C16H25N/c1-13-6-8-14(9-7-13)12-16-5-3-2-4-15(16)10-11-17/h6-9,15-16H,2-5,10-12,17H2,1H3. The zero-order valence-electron chi connectivity index (χ0n) is 11.0. The van der Waals surface area contributed by atoms with Crippen molar-refractivity contribution in [3.8, 4) is 0 Å². The van der Waals surface area contributed by atoms with E-state index in [2.05, 4.69) is 31.2 Å². The summed E-state index contributed by atoms with van der Waals surface area (Å²) in [5.41, 5.74) is 8.60. The van der Waals surface area contributed by atoms with Gasteiger partial charge in [-0.1, -0.05) is 49.1 Å². The molecule has 2 unspecified atom stereocenters. The first kappa shape index (κ1) is 12.6. The minimum atomic E-state index is 0.856. The van der Waals surface area contributed by atoms with E-state index in [1.54, 1.807) is 0 Å². The fourth-order valence-electron chi connectivity index (χ4n) is 3.17. The summed E-state index contributed by atoms with van der Waals surface area (Å²) in [6.07, 6.45) is 8.10. The highest BCUT2D eigenvalue weighted by molar-refractivity contribution is 5.21. The van der Waals surface area contributed by atoms with Gasteiger partial charge < -0.3 is 5.73 Å². The Labute approximate surface area is 105 Å². The summed E-state index contributed by atoms with van der Waals surface area (Å²) in [4.78, 5) is 0. The van der Waals surface area contributed by atoms with Crippen LogP contribution in [0.3, 0.4) is 0 Å². The lowest BCUT2D eigenvalue weighted by atomic mass is 9.74. The molecule has 0 saturated heterocycles. The van der Waals surface area contributed by atoms with Crippen LogP contribution in [0.2, 0.25) is 0 Å². The third kappa shape index (κ3) is 3.57. The Kier molecular flexibility index (Phi) is 4.61. The largest absolute Gasteiger partial charge is 0.330 e. The molecule has 1 nitrogen and oxygen atoms in total. The SMILES string of the molecule is Cc1ccc(CC2CCCCC2CCN)cc1. The van der Waals surface area contributed by atoms with Crippen molar-refractivity contribution in [1.29, 1.82) is 0 Å². The van der Waals surface area contributed by atoms with Crippen molar-refractivity contribution in [2.75, 3.05) is 6.54 Å². The average Bonchev–Trinajstić information content (AvgIpc) is 2.35. The van der Waals surface area contributed by atoms with Crippen LogP contribution >= 0.6 is 0 Å². The molecule has 0 bridgehead atoms. The second-order valence-corrected chi connectivity index (χ2v) is 5.57. The molecule has 0 aliphatic heterocycles. The molecule has 94 valence electrons. The molecule has 2 rings (SSSR count). The Morgan fingerprint density at radius 2 is 1.71 bits per heavy atom. The molecule has 0 heterocycles. The van der Waals surface area contributed by atoms with Crippen LogP contribution in [0.5, 0.6) is 0 Å². The molecule has 1 saturated carbocycles. The van der Waals surface area contributed by atoms with Crippen molar-refractivity contribution in [1.82, 2.24) is 0 Å². The molecule has 0 radical (unpaired) electrons. The highest BCUT2D eigenvalue weighted by Crippen LogP contribution is 2.34. The average molecular weight is 231 g/mol. The van der Waals surface area contributed by atoms with Gasteiger partial charge in [0, 0.05) is 0 Å². The van der Waals surface area contributed by atoms with Gasteiger partial charge in [0.1, 0.15) is 0 Å². The second-order valence-electron chi connectivity index (χ2n) is 5.57. The molecule has 0 aromatic heterocycles. The summed E-state index contributed by atoms with van der Waals surface area (Å²) >= 11 is 0. The monoisotopic (exact) mass is 231 g/mol. The van der Waals surface area contributed by atoms with Crippen molar-refractivity contribution in [3.63, 3.8) is 0 Å². The fourth-order valence-corrected chi connectivity index (χ4v) is 3.17. The molecule has 2 N–H and O–H groups in total. The Bertz CT molecular complexity index is 326. The molecule has 1 aromatic rings. The summed E-state index contributed by atoms with van der Waals surface area (Å²) < 4.78 is 0. The summed E-state index contributed by atoms with van der Waals surface area (Å²) in [7, 11) is 0. The molecular weight excluding hydrogens is 206 g/mol. The van der Waals surface area contributed by atoms with E-state index in [1.807, 2.05) is 0 Å². The van der Waals surface area contributed by atoms with E-state index in [1.165, 1.54) is 49.7 Å². The Hall–Kier alpha value is -0.820. The zero-order chi connectivity index (χ0) is 12.1. The van der Waals surface area contributed by atoms with Gasteiger partial charge in [0.05, 0.1) is 0 Å². The van der Waals surface area contributed by atoms with Crippen LogP contribution < -0.4 is 5.73 Å². The van der Waals surface area contributed by atoms with Crippen LogP contribution in [0.1, 0.15) is 43.2 Å². The first-order valence-corrected chi connectivity index (χ1v) is 7.05. The van der Waals surface area contributed by atoms with Crippen LogP contribution in [-0.4, -0.2) is 6.54 Å². The van der Waals surface area contributed by atoms with Crippen LogP contribution in [0.4, 0.5) is 0 Å². The molecule has 2 atom stereocenters. The van der Waals surface area contributed by atoms with Crippen molar-refractivity contribution in [3.05, 3.63) is 35.4 Å². The first-order chi connectivity index (χ1) is 8.29. The van der Waals surface area contributed by atoms with Crippen LogP contribution in [-0.2, 0) is 6.42 Å². The quantitative estimate of drug-likeness (QED) is 0.840. The summed E-state index contributed by atoms with van der Waals surface area (Å²) in [5.74, 6) is 1.74. The van der Waals surface area contributed by atoms with E-state index < -0.39 is 0 Å². The lowest BCUT2D eigenvalue weighted by Crippen LogP contribution is -2.24. The summed E-state index contributed by atoms with van der Waals surface area (Å²) in [5, 5.41) is 0. The minimum absolute atomic E-state index is 0.856. The Balaban J connectivity index is 1.97. The number of hydrogen-bond donors (Lipinski definition) is 1. The molecule has 1 fully saturated rings. The van der Waals surface area contributed by atoms with Crippen LogP contribution in [0, 0.1) is 18.8 Å². The summed E-state index contributed by atoms with van der Waals surface area (Å²) in [6, 6.07) is 9.05. The van der Waals surface area contributed by atoms with Crippen LogP contribution in [0.15, 0.2) is 24.3 Å². The minimum Gasteiger partial charge on any atom is -0.330 e. The van der Waals surface area contributed by atoms with E-state index >= 15 is 0 Å². The van der Waals surface area contributed by atoms with E-state index in [0.717, 1.165) is 18.4 Å². The molecule has 0 spiro atoms. The first-order valence-electron chi connectivity index (χ1n) is 7.05. The smallest absolute Gasteiger partial charge is 0.00745 e. The molecule has 1 aromatic carbocycles. The van der Waals surface area contributed by atoms with Gasteiger partial charge >= 0.3 is 0 Å². The maximum absolute atomic E-state index is 5.73. The highest BCUT2D eigenvalue weighted by Gasteiger charge is 2.24. The molecule has 1 aliphatic rings. The molecular formula is C16H25N. The second kappa shape index (κ2) is 6.20. The number of aryl methyl sites for hydroxylation is 1. The maximum Gasteiger partial charge on any atom is -0.00745 e. The van der Waals surface area contributed by atoms with Crippen LogP contribution in [0.25, 0.3) is 0 Å². The lowest BCUT2D eigenvalue weighted by molar-refractivity contribution is 0.225. The number of rotatable bonds is 4. The molecule has 1 heteroatoms. The zero-order valence-corrected chi connectivity index (χ0v) is 11.0. The van der Waals surface area contributed by atoms with E-state index in [-0.39, 0.29) is 0 Å². The van der Waals surface area contributed by atoms with Gasteiger partial charge in [-0.05, 0) is 50.1 Å². The number of nitrogens with two attached hydrogens (primary N) is 1. The van der Waals surface area contributed by atoms with E-state index in [4.69, 9.17) is 5.73 Å². The summed E-state index contributed by atoms with van der Waals surface area (Å²) in [6.45, 7) is 3.01. The third-order valence-corrected chi connectivity index (χ3v) is 4.22. The van der Waals surface area contributed by atoms with Crippen molar-refractivity contribution in [2.24, 2.45) is 17.6 Å². The van der Waals surface area contributed by atoms with Crippen molar-refractivity contribution in [2.45, 2.75) is 45.4 Å². The Morgan fingerprint density at radius 3 is 2.35 bits per heavy atom. The number of hydrogen-bond acceptors (Lipinski definition) is 1. The van der Waals surface area contributed by atoms with Crippen molar-refractivity contribution >= 4 is 0 Å². The van der Waals surface area contributed by atoms with Gasteiger partial charge in [-0.3, -0.25) is 0 Å². The maximum atomic E-state index is 5.73. The predicted molar refractivity (Wildman–Crippen MR) is 74.0 cm³/mol. The molecule has 17 heavy (non-hydrogen) atoms. The van der Waals surface area contributed by atoms with Gasteiger partial charge in [-0.2, -0.15) is 0 Å². The van der Waals surface area contributed by atoms with E-state index in [9.17, 15) is 0 Å². The highest BCUT2D eigenvalue weighted by atomic mass is 14.5. The van der Waals surface area contributed by atoms with Crippen molar-refractivity contribution < 1.29 is 0 Å². The Morgan fingerprint density at radius 1 is 1.06 bits per heavy atom. The number of benzene rings is 1. The van der Waals surface area contributed by atoms with Gasteiger partial charge in [-0.15, -0.1) is 0 Å². The van der Waals surface area contributed by atoms with Gasteiger partial charge in [0.2, 0.25) is 0 Å². The van der Waals surface area contributed by atoms with Gasteiger partial charge in [0.15, 0.2) is 0 Å². The predicted octanol–water partition coefficient (Wildman–Crippen LogP) is 3.69. The fraction of sp³-hybridized carbons (Fsp3) is 0.625. The normalized spacial score (nSPS) is 24.8. The topological polar surface area (TPSA) is 26.0 Å². The molecule has 0 amide bonds. The van der Waals surface area contributed by atoms with Gasteiger partial charge in [0.25, 0.3) is 0 Å². The van der Waals surface area contributed by atoms with Gasteiger partial charge in [-0.25, -0.2) is 0 Å².